The van der Waals surface area contributed by atoms with E-state index in [0.717, 1.165) is 6.04 Å². The summed E-state index contributed by atoms with van der Waals surface area (Å²) in [7, 11) is 0. The van der Waals surface area contributed by atoms with Crippen LogP contribution in [0.1, 0.15) is 50.4 Å². The van der Waals surface area contributed by atoms with Crippen molar-refractivity contribution in [3.05, 3.63) is 18.2 Å². The highest BCUT2D eigenvalue weighted by atomic mass is 15.3. The third kappa shape index (κ3) is 1.89. The summed E-state index contributed by atoms with van der Waals surface area (Å²) >= 11 is 0. The second kappa shape index (κ2) is 4.42. The summed E-state index contributed by atoms with van der Waals surface area (Å²) in [6, 6.07) is 1.39. The first-order valence-corrected chi connectivity index (χ1v) is 6.78. The minimum atomic E-state index is 0.0788. The molecule has 3 atom stereocenters. The minimum absolute atomic E-state index is 0.0788. The van der Waals surface area contributed by atoms with Gasteiger partial charge in [0.15, 0.2) is 0 Å². The smallest absolute Gasteiger partial charge is 0.0951 e. The Morgan fingerprint density at radius 1 is 1.29 bits per heavy atom. The summed E-state index contributed by atoms with van der Waals surface area (Å²) in [5.74, 6) is 0. The average molecular weight is 234 g/mol. The molecule has 2 N–H and O–H groups in total. The Morgan fingerprint density at radius 2 is 2.18 bits per heavy atom. The number of fused-ring (bicyclic) bond motifs is 1. The SMILES string of the molecule is C[C@@H](N)c1cncn1C1CCN2CCCCC12. The van der Waals surface area contributed by atoms with E-state index in [9.17, 15) is 0 Å². The third-order valence-electron chi connectivity index (χ3n) is 4.34. The van der Waals surface area contributed by atoms with Gasteiger partial charge in [0.1, 0.15) is 0 Å². The second-order valence-electron chi connectivity index (χ2n) is 5.47. The Labute approximate surface area is 103 Å². The summed E-state index contributed by atoms with van der Waals surface area (Å²) in [4.78, 5) is 6.94. The topological polar surface area (TPSA) is 47.1 Å². The Hall–Kier alpha value is -0.870. The highest BCUT2D eigenvalue weighted by Gasteiger charge is 2.37. The molecule has 0 bridgehead atoms. The van der Waals surface area contributed by atoms with E-state index < -0.39 is 0 Å². The lowest BCUT2D eigenvalue weighted by Crippen LogP contribution is -2.38. The zero-order valence-corrected chi connectivity index (χ0v) is 10.5. The molecule has 0 aromatic carbocycles. The fourth-order valence-corrected chi connectivity index (χ4v) is 3.49. The van der Waals surface area contributed by atoms with Gasteiger partial charge in [-0.05, 0) is 32.7 Å². The van der Waals surface area contributed by atoms with E-state index in [1.54, 1.807) is 0 Å². The molecular weight excluding hydrogens is 212 g/mol. The third-order valence-corrected chi connectivity index (χ3v) is 4.34. The lowest BCUT2D eigenvalue weighted by Gasteiger charge is -2.33. The fourth-order valence-electron chi connectivity index (χ4n) is 3.49. The van der Waals surface area contributed by atoms with E-state index in [0.29, 0.717) is 6.04 Å². The molecule has 3 heterocycles. The molecule has 2 aliphatic rings. The van der Waals surface area contributed by atoms with Gasteiger partial charge in [0.25, 0.3) is 0 Å². The van der Waals surface area contributed by atoms with Gasteiger partial charge in [0, 0.05) is 24.8 Å². The maximum absolute atomic E-state index is 6.02. The standard InChI is InChI=1S/C13H22N4/c1-10(14)13-8-15-9-17(13)12-5-7-16-6-3-2-4-11(12)16/h8-12H,2-7,14H2,1H3/t10-,11?,12?/m1/s1. The molecule has 3 rings (SSSR count). The van der Waals surface area contributed by atoms with Crippen molar-refractivity contribution in [3.63, 3.8) is 0 Å². The van der Waals surface area contributed by atoms with Gasteiger partial charge in [-0.15, -0.1) is 0 Å². The zero-order chi connectivity index (χ0) is 11.8. The summed E-state index contributed by atoms with van der Waals surface area (Å²) in [6.45, 7) is 4.57. The minimum Gasteiger partial charge on any atom is -0.328 e. The number of hydrogen-bond acceptors (Lipinski definition) is 3. The first kappa shape index (κ1) is 11.2. The van der Waals surface area contributed by atoms with Crippen LogP contribution in [0.3, 0.4) is 0 Å². The van der Waals surface area contributed by atoms with E-state index in [1.807, 2.05) is 19.4 Å². The van der Waals surface area contributed by atoms with Gasteiger partial charge in [-0.3, -0.25) is 4.90 Å². The molecule has 1 aromatic rings. The second-order valence-corrected chi connectivity index (χ2v) is 5.47. The van der Waals surface area contributed by atoms with Crippen LogP contribution in [0.4, 0.5) is 0 Å². The maximum Gasteiger partial charge on any atom is 0.0951 e. The van der Waals surface area contributed by atoms with Crippen molar-refractivity contribution in [3.8, 4) is 0 Å². The predicted molar refractivity (Wildman–Crippen MR) is 67.7 cm³/mol. The fraction of sp³-hybridized carbons (Fsp3) is 0.769. The summed E-state index contributed by atoms with van der Waals surface area (Å²) in [5.41, 5.74) is 7.20. The number of nitrogens with zero attached hydrogens (tertiary/aromatic N) is 3. The van der Waals surface area contributed by atoms with Crippen molar-refractivity contribution in [1.29, 1.82) is 0 Å². The van der Waals surface area contributed by atoms with Crippen molar-refractivity contribution in [2.45, 2.75) is 50.7 Å². The van der Waals surface area contributed by atoms with E-state index in [2.05, 4.69) is 14.5 Å². The Morgan fingerprint density at radius 3 is 3.00 bits per heavy atom. The summed E-state index contributed by atoms with van der Waals surface area (Å²) < 4.78 is 2.33. The number of nitrogens with two attached hydrogens (primary N) is 1. The Kier molecular flexibility index (Phi) is 2.92. The van der Waals surface area contributed by atoms with Gasteiger partial charge in [-0.2, -0.15) is 0 Å². The molecule has 2 saturated heterocycles. The number of hydrogen-bond donors (Lipinski definition) is 1. The number of imidazole rings is 1. The van der Waals surface area contributed by atoms with Crippen LogP contribution in [-0.4, -0.2) is 33.6 Å². The molecular formula is C13H22N4. The van der Waals surface area contributed by atoms with Gasteiger partial charge < -0.3 is 10.3 Å². The normalized spacial score (nSPS) is 31.4. The molecule has 4 heteroatoms. The van der Waals surface area contributed by atoms with Crippen molar-refractivity contribution >= 4 is 0 Å². The molecule has 0 radical (unpaired) electrons. The molecule has 0 spiro atoms. The highest BCUT2D eigenvalue weighted by molar-refractivity contribution is 5.08. The Bertz CT molecular complexity index is 385. The van der Waals surface area contributed by atoms with E-state index in [4.69, 9.17) is 5.73 Å². The lowest BCUT2D eigenvalue weighted by atomic mass is 9.98. The molecule has 0 amide bonds. The van der Waals surface area contributed by atoms with Gasteiger partial charge in [0.05, 0.1) is 18.1 Å². The van der Waals surface area contributed by atoms with Crippen molar-refractivity contribution in [2.24, 2.45) is 5.73 Å². The molecule has 2 fully saturated rings. The summed E-state index contributed by atoms with van der Waals surface area (Å²) in [6.07, 6.45) is 9.23. The van der Waals surface area contributed by atoms with Crippen molar-refractivity contribution in [2.75, 3.05) is 13.1 Å². The average Bonchev–Trinajstić information content (AvgIpc) is 2.94. The molecule has 94 valence electrons. The molecule has 17 heavy (non-hydrogen) atoms. The van der Waals surface area contributed by atoms with Crippen LogP contribution in [-0.2, 0) is 0 Å². The first-order valence-electron chi connectivity index (χ1n) is 6.78. The quantitative estimate of drug-likeness (QED) is 0.847. The first-order chi connectivity index (χ1) is 8.27. The molecule has 2 unspecified atom stereocenters. The van der Waals surface area contributed by atoms with E-state index in [1.165, 1.54) is 44.5 Å². The zero-order valence-electron chi connectivity index (χ0n) is 10.5. The maximum atomic E-state index is 6.02. The van der Waals surface area contributed by atoms with E-state index in [-0.39, 0.29) is 6.04 Å². The van der Waals surface area contributed by atoms with Gasteiger partial charge in [-0.25, -0.2) is 4.98 Å². The number of piperidine rings is 1. The predicted octanol–water partition coefficient (Wildman–Crippen LogP) is 1.70. The van der Waals surface area contributed by atoms with Gasteiger partial charge in [-0.1, -0.05) is 6.42 Å². The van der Waals surface area contributed by atoms with Crippen molar-refractivity contribution < 1.29 is 0 Å². The van der Waals surface area contributed by atoms with Crippen LogP contribution in [0.2, 0.25) is 0 Å². The van der Waals surface area contributed by atoms with Crippen LogP contribution >= 0.6 is 0 Å². The van der Waals surface area contributed by atoms with Crippen LogP contribution in [0.25, 0.3) is 0 Å². The van der Waals surface area contributed by atoms with Crippen LogP contribution in [0, 0.1) is 0 Å². The van der Waals surface area contributed by atoms with Gasteiger partial charge >= 0.3 is 0 Å². The number of rotatable bonds is 2. The van der Waals surface area contributed by atoms with Crippen LogP contribution in [0.5, 0.6) is 0 Å². The van der Waals surface area contributed by atoms with Crippen LogP contribution in [0.15, 0.2) is 12.5 Å². The molecule has 0 aliphatic carbocycles. The molecule has 2 aliphatic heterocycles. The highest BCUT2D eigenvalue weighted by Crippen LogP contribution is 2.36. The van der Waals surface area contributed by atoms with E-state index >= 15 is 0 Å². The largest absolute Gasteiger partial charge is 0.328 e. The molecule has 4 nitrogen and oxygen atoms in total. The molecule has 0 saturated carbocycles. The van der Waals surface area contributed by atoms with Gasteiger partial charge in [0.2, 0.25) is 0 Å². The van der Waals surface area contributed by atoms with Crippen LogP contribution < -0.4 is 5.73 Å². The lowest BCUT2D eigenvalue weighted by molar-refractivity contribution is 0.172. The summed E-state index contributed by atoms with van der Waals surface area (Å²) in [5, 5.41) is 0. The van der Waals surface area contributed by atoms with Crippen molar-refractivity contribution in [1.82, 2.24) is 14.5 Å². The Balaban J connectivity index is 1.86. The molecule has 1 aromatic heterocycles. The monoisotopic (exact) mass is 234 g/mol. The number of aromatic nitrogens is 2.